The summed E-state index contributed by atoms with van der Waals surface area (Å²) in [5.41, 5.74) is 1.11. The van der Waals surface area contributed by atoms with E-state index in [1.54, 1.807) is 6.92 Å². The quantitative estimate of drug-likeness (QED) is 0.591. The number of hydrogen-bond acceptors (Lipinski definition) is 3. The number of likely N-dealkylation sites (N-methyl/N-ethyl adjacent to an activating group) is 1. The van der Waals surface area contributed by atoms with Gasteiger partial charge in [0.25, 0.3) is 0 Å². The summed E-state index contributed by atoms with van der Waals surface area (Å²) >= 11 is 0. The van der Waals surface area contributed by atoms with Crippen molar-refractivity contribution in [1.82, 2.24) is 0 Å². The highest BCUT2D eigenvalue weighted by Crippen LogP contribution is 2.25. The van der Waals surface area contributed by atoms with Crippen LogP contribution in [0.3, 0.4) is 0 Å². The number of hydrogen-bond donors (Lipinski definition) is 0. The maximum atomic E-state index is 11.7. The molecule has 0 aromatic heterocycles. The fourth-order valence-corrected chi connectivity index (χ4v) is 2.45. The highest BCUT2D eigenvalue weighted by molar-refractivity contribution is 5.70. The predicted molar refractivity (Wildman–Crippen MR) is 77.9 cm³/mol. The largest absolute Gasteiger partial charge is 0.462 e. The molecule has 0 spiro atoms. The molecule has 0 aliphatic heterocycles. The van der Waals surface area contributed by atoms with Gasteiger partial charge in [-0.25, -0.2) is 4.79 Å². The number of rotatable bonds is 6. The molecule has 0 fully saturated rings. The van der Waals surface area contributed by atoms with Crippen molar-refractivity contribution in [3.63, 3.8) is 0 Å². The second-order valence-corrected chi connectivity index (χ2v) is 5.52. The molecule has 4 nitrogen and oxygen atoms in total. The van der Waals surface area contributed by atoms with Gasteiger partial charge in [-0.05, 0) is 12.5 Å². The molecule has 108 valence electrons. The molecule has 0 N–H and O–H groups in total. The van der Waals surface area contributed by atoms with Crippen LogP contribution in [-0.2, 0) is 9.53 Å². The third-order valence-electron chi connectivity index (χ3n) is 3.53. The van der Waals surface area contributed by atoms with E-state index in [9.17, 15) is 10.1 Å². The Morgan fingerprint density at radius 2 is 1.95 bits per heavy atom. The molecule has 0 saturated carbocycles. The molecule has 0 bridgehead atoms. The smallest absolute Gasteiger partial charge is 0.361 e. The van der Waals surface area contributed by atoms with Gasteiger partial charge in [0.1, 0.15) is 6.07 Å². The average molecular weight is 275 g/mol. The van der Waals surface area contributed by atoms with Crippen LogP contribution in [0.1, 0.15) is 25.3 Å². The number of quaternary nitrogens is 1. The Kier molecular flexibility index (Phi) is 5.72. The Hall–Kier alpha value is -1.86. The number of nitriles is 1. The van der Waals surface area contributed by atoms with Gasteiger partial charge in [-0.2, -0.15) is 5.26 Å². The van der Waals surface area contributed by atoms with Crippen LogP contribution >= 0.6 is 0 Å². The average Bonchev–Trinajstić information content (AvgIpc) is 2.39. The highest BCUT2D eigenvalue weighted by atomic mass is 16.5. The summed E-state index contributed by atoms with van der Waals surface area (Å²) in [5, 5.41) is 9.52. The molecule has 2 atom stereocenters. The number of ether oxygens (including phenoxy) is 1. The molecular weight excluding hydrogens is 252 g/mol. The first-order valence-corrected chi connectivity index (χ1v) is 6.85. The van der Waals surface area contributed by atoms with E-state index in [0.717, 1.165) is 5.56 Å². The lowest BCUT2D eigenvalue weighted by Crippen LogP contribution is -2.53. The van der Waals surface area contributed by atoms with E-state index in [2.05, 4.69) is 6.07 Å². The second kappa shape index (κ2) is 7.06. The zero-order valence-corrected chi connectivity index (χ0v) is 12.7. The number of carbonyl (C=O) groups is 1. The Morgan fingerprint density at radius 3 is 2.45 bits per heavy atom. The molecule has 4 heteroatoms. The summed E-state index contributed by atoms with van der Waals surface area (Å²) in [7, 11) is 3.79. The summed E-state index contributed by atoms with van der Waals surface area (Å²) in [5.74, 6) is -0.219. The third kappa shape index (κ3) is 4.07. The minimum Gasteiger partial charge on any atom is -0.462 e. The summed E-state index contributed by atoms with van der Waals surface area (Å²) in [6, 6.07) is 12.0. The lowest BCUT2D eigenvalue weighted by atomic mass is 9.92. The summed E-state index contributed by atoms with van der Waals surface area (Å²) in [6.07, 6.45) is 0. The van der Waals surface area contributed by atoms with Gasteiger partial charge in [0.05, 0.1) is 20.7 Å². The molecule has 0 radical (unpaired) electrons. The van der Waals surface area contributed by atoms with Gasteiger partial charge in [-0.15, -0.1) is 0 Å². The van der Waals surface area contributed by atoms with E-state index >= 15 is 0 Å². The van der Waals surface area contributed by atoms with Crippen LogP contribution in [0.2, 0.25) is 0 Å². The zero-order valence-electron chi connectivity index (χ0n) is 12.7. The first-order chi connectivity index (χ1) is 9.42. The van der Waals surface area contributed by atoms with E-state index in [4.69, 9.17) is 4.74 Å². The Morgan fingerprint density at radius 1 is 1.35 bits per heavy atom. The van der Waals surface area contributed by atoms with Crippen LogP contribution in [0.25, 0.3) is 0 Å². The van der Waals surface area contributed by atoms with Crippen molar-refractivity contribution in [3.8, 4) is 6.07 Å². The fraction of sp³-hybridized carbons (Fsp3) is 0.500. The minimum absolute atomic E-state index is 0.0469. The van der Waals surface area contributed by atoms with E-state index in [0.29, 0.717) is 11.1 Å². The fourth-order valence-electron chi connectivity index (χ4n) is 2.45. The van der Waals surface area contributed by atoms with Crippen LogP contribution < -0.4 is 0 Å². The van der Waals surface area contributed by atoms with E-state index in [1.807, 2.05) is 51.4 Å². The van der Waals surface area contributed by atoms with Crippen LogP contribution in [0.15, 0.2) is 30.3 Å². The molecule has 1 aromatic carbocycles. The second-order valence-electron chi connectivity index (χ2n) is 5.52. The summed E-state index contributed by atoms with van der Waals surface area (Å²) in [6.45, 7) is 4.37. The lowest BCUT2D eigenvalue weighted by Gasteiger charge is -2.36. The third-order valence-corrected chi connectivity index (χ3v) is 3.53. The van der Waals surface area contributed by atoms with Crippen molar-refractivity contribution in [1.29, 1.82) is 5.26 Å². The summed E-state index contributed by atoms with van der Waals surface area (Å²) < 4.78 is 5.29. The molecule has 20 heavy (non-hydrogen) atoms. The maximum Gasteiger partial charge on any atom is 0.361 e. The molecular formula is C16H23N2O2+. The standard InChI is InChI=1S/C16H23N2O2/c1-5-20-16(19)12-18(3,4)15(11-17)13(2)14-9-7-6-8-10-14/h6-10,13,15H,5,12H2,1-4H3/q+1/t13-,15+/m1/s1. The van der Waals surface area contributed by atoms with Gasteiger partial charge in [-0.1, -0.05) is 37.3 Å². The molecule has 0 heterocycles. The number of carbonyl (C=O) groups excluding carboxylic acids is 1. The number of benzene rings is 1. The predicted octanol–water partition coefficient (Wildman–Crippen LogP) is 2.32. The maximum absolute atomic E-state index is 11.7. The SMILES string of the molecule is CCOC(=O)C[N+](C)(C)[C@@H](C#N)[C@H](C)c1ccccc1. The highest BCUT2D eigenvalue weighted by Gasteiger charge is 2.36. The van der Waals surface area contributed by atoms with Gasteiger partial charge in [0.2, 0.25) is 0 Å². The van der Waals surface area contributed by atoms with Gasteiger partial charge >= 0.3 is 5.97 Å². The first-order valence-electron chi connectivity index (χ1n) is 6.85. The van der Waals surface area contributed by atoms with Crippen molar-refractivity contribution in [3.05, 3.63) is 35.9 Å². The normalized spacial score (nSPS) is 14.2. The van der Waals surface area contributed by atoms with E-state index < -0.39 is 0 Å². The molecule has 0 unspecified atom stereocenters. The van der Waals surface area contributed by atoms with Gasteiger partial charge in [-0.3, -0.25) is 0 Å². The molecule has 0 saturated heterocycles. The van der Waals surface area contributed by atoms with Crippen LogP contribution in [-0.4, -0.2) is 43.7 Å². The van der Waals surface area contributed by atoms with Crippen LogP contribution in [0.4, 0.5) is 0 Å². The number of nitrogens with zero attached hydrogens (tertiary/aromatic N) is 2. The Bertz CT molecular complexity index is 477. The Labute approximate surface area is 121 Å². The summed E-state index contributed by atoms with van der Waals surface area (Å²) in [4.78, 5) is 11.7. The van der Waals surface area contributed by atoms with Gasteiger partial charge in [0.15, 0.2) is 12.6 Å². The Balaban J connectivity index is 2.89. The molecule has 0 amide bonds. The van der Waals surface area contributed by atoms with Crippen LogP contribution in [0.5, 0.6) is 0 Å². The van der Waals surface area contributed by atoms with Crippen molar-refractivity contribution >= 4 is 5.97 Å². The lowest BCUT2D eigenvalue weighted by molar-refractivity contribution is -0.901. The van der Waals surface area contributed by atoms with Crippen molar-refractivity contribution in [2.24, 2.45) is 0 Å². The van der Waals surface area contributed by atoms with Crippen molar-refractivity contribution < 1.29 is 14.0 Å². The monoisotopic (exact) mass is 275 g/mol. The zero-order chi connectivity index (χ0) is 15.2. The first kappa shape index (κ1) is 16.2. The molecule has 0 aliphatic rings. The van der Waals surface area contributed by atoms with E-state index in [-0.39, 0.29) is 24.5 Å². The number of esters is 1. The minimum atomic E-state index is -0.304. The van der Waals surface area contributed by atoms with Crippen molar-refractivity contribution in [2.75, 3.05) is 27.2 Å². The van der Waals surface area contributed by atoms with Crippen LogP contribution in [0, 0.1) is 11.3 Å². The van der Waals surface area contributed by atoms with Gasteiger partial charge < -0.3 is 9.22 Å². The van der Waals surface area contributed by atoms with E-state index in [1.165, 1.54) is 0 Å². The molecule has 1 aromatic rings. The van der Waals surface area contributed by atoms with Crippen molar-refractivity contribution in [2.45, 2.75) is 25.8 Å². The topological polar surface area (TPSA) is 50.1 Å². The molecule has 1 rings (SSSR count). The van der Waals surface area contributed by atoms with Gasteiger partial charge in [0, 0.05) is 5.92 Å². The molecule has 0 aliphatic carbocycles.